The lowest BCUT2D eigenvalue weighted by Crippen LogP contribution is -2.33. The molecular formula is C17H19ClN4O2. The van der Waals surface area contributed by atoms with Gasteiger partial charge in [-0.25, -0.2) is 9.67 Å². The number of hydrogen-bond acceptors (Lipinski definition) is 4. The van der Waals surface area contributed by atoms with E-state index < -0.39 is 0 Å². The SMILES string of the molecule is CCc1nc(C(=O)N[C@@H]2C=C[C@H](CO)C2)nn1-c1ccccc1Cl. The van der Waals surface area contributed by atoms with Gasteiger partial charge in [-0.1, -0.05) is 42.8 Å². The summed E-state index contributed by atoms with van der Waals surface area (Å²) in [6, 6.07) is 7.21. The monoisotopic (exact) mass is 346 g/mol. The van der Waals surface area contributed by atoms with Crippen LogP contribution < -0.4 is 5.32 Å². The predicted octanol–water partition coefficient (Wildman–Crippen LogP) is 2.15. The first kappa shape index (κ1) is 16.7. The summed E-state index contributed by atoms with van der Waals surface area (Å²) in [5.74, 6) is 0.551. The number of benzene rings is 1. The van der Waals surface area contributed by atoms with E-state index in [1.165, 1.54) is 0 Å². The molecule has 6 nitrogen and oxygen atoms in total. The smallest absolute Gasteiger partial charge is 0.291 e. The van der Waals surface area contributed by atoms with E-state index in [4.69, 9.17) is 16.7 Å². The summed E-state index contributed by atoms with van der Waals surface area (Å²) < 4.78 is 1.61. The molecule has 1 amide bonds. The average Bonchev–Trinajstić information content (AvgIpc) is 3.21. The first-order valence-corrected chi connectivity index (χ1v) is 8.31. The van der Waals surface area contributed by atoms with E-state index in [0.717, 1.165) is 0 Å². The van der Waals surface area contributed by atoms with E-state index in [1.807, 2.05) is 37.3 Å². The maximum Gasteiger partial charge on any atom is 0.291 e. The number of carbonyl (C=O) groups excluding carboxylic acids is 1. The van der Waals surface area contributed by atoms with Crippen molar-refractivity contribution in [2.75, 3.05) is 6.61 Å². The van der Waals surface area contributed by atoms with Gasteiger partial charge < -0.3 is 10.4 Å². The fourth-order valence-electron chi connectivity index (χ4n) is 2.74. The Hall–Kier alpha value is -2.18. The second-order valence-corrected chi connectivity index (χ2v) is 6.12. The molecule has 2 atom stereocenters. The van der Waals surface area contributed by atoms with Crippen LogP contribution in [0, 0.1) is 5.92 Å². The minimum atomic E-state index is -0.330. The highest BCUT2D eigenvalue weighted by Gasteiger charge is 2.23. The molecule has 0 spiro atoms. The Morgan fingerprint density at radius 1 is 1.42 bits per heavy atom. The molecule has 2 aromatic rings. The Balaban J connectivity index is 1.81. The molecule has 24 heavy (non-hydrogen) atoms. The standard InChI is InChI=1S/C17H19ClN4O2/c1-2-15-20-16(17(24)19-12-8-7-11(9-12)10-23)21-22(15)14-6-4-3-5-13(14)18/h3-8,11-12,23H,2,9-10H2,1H3,(H,19,24)/t11-,12+/m0/s1. The van der Waals surface area contributed by atoms with Gasteiger partial charge in [0.05, 0.1) is 10.7 Å². The number of aliphatic hydroxyl groups is 1. The van der Waals surface area contributed by atoms with Crippen molar-refractivity contribution in [3.63, 3.8) is 0 Å². The van der Waals surface area contributed by atoms with Crippen molar-refractivity contribution in [2.24, 2.45) is 5.92 Å². The minimum Gasteiger partial charge on any atom is -0.396 e. The Labute approximate surface area is 145 Å². The van der Waals surface area contributed by atoms with Crippen molar-refractivity contribution < 1.29 is 9.90 Å². The zero-order chi connectivity index (χ0) is 17.1. The lowest BCUT2D eigenvalue weighted by molar-refractivity contribution is 0.0930. The van der Waals surface area contributed by atoms with Gasteiger partial charge in [-0.2, -0.15) is 0 Å². The lowest BCUT2D eigenvalue weighted by atomic mass is 10.1. The third-order valence-corrected chi connectivity index (χ3v) is 4.32. The third kappa shape index (κ3) is 3.34. The van der Waals surface area contributed by atoms with Crippen LogP contribution in [0.15, 0.2) is 36.4 Å². The van der Waals surface area contributed by atoms with Crippen molar-refractivity contribution in [1.82, 2.24) is 20.1 Å². The van der Waals surface area contributed by atoms with E-state index in [9.17, 15) is 4.79 Å². The Bertz CT molecular complexity index is 772. The number of para-hydroxylation sites is 1. The summed E-state index contributed by atoms with van der Waals surface area (Å²) in [6.07, 6.45) is 5.12. The Kier molecular flexibility index (Phi) is 4.97. The van der Waals surface area contributed by atoms with Crippen LogP contribution >= 0.6 is 11.6 Å². The molecule has 1 aliphatic carbocycles. The molecular weight excluding hydrogens is 328 g/mol. The molecule has 0 bridgehead atoms. The topological polar surface area (TPSA) is 80.0 Å². The van der Waals surface area contributed by atoms with Gasteiger partial charge in [-0.15, -0.1) is 5.10 Å². The highest BCUT2D eigenvalue weighted by atomic mass is 35.5. The van der Waals surface area contributed by atoms with Gasteiger partial charge >= 0.3 is 0 Å². The van der Waals surface area contributed by atoms with Gasteiger partial charge in [-0.3, -0.25) is 4.79 Å². The molecule has 1 aliphatic rings. The summed E-state index contributed by atoms with van der Waals surface area (Å²) >= 11 is 6.22. The Morgan fingerprint density at radius 2 is 2.21 bits per heavy atom. The van der Waals surface area contributed by atoms with E-state index in [0.29, 0.717) is 29.4 Å². The van der Waals surface area contributed by atoms with E-state index in [-0.39, 0.29) is 30.3 Å². The van der Waals surface area contributed by atoms with Crippen molar-refractivity contribution >= 4 is 17.5 Å². The molecule has 0 unspecified atom stereocenters. The van der Waals surface area contributed by atoms with Crippen LogP contribution in [0.5, 0.6) is 0 Å². The Morgan fingerprint density at radius 3 is 2.88 bits per heavy atom. The number of nitrogens with one attached hydrogen (secondary N) is 1. The van der Waals surface area contributed by atoms with Crippen molar-refractivity contribution in [3.8, 4) is 5.69 Å². The molecule has 1 aromatic carbocycles. The number of aromatic nitrogens is 3. The summed E-state index contributed by atoms with van der Waals surface area (Å²) in [4.78, 5) is 16.7. The van der Waals surface area contributed by atoms with Gasteiger partial charge in [-0.05, 0) is 18.6 Å². The maximum absolute atomic E-state index is 12.4. The van der Waals surface area contributed by atoms with Gasteiger partial charge in [0.15, 0.2) is 0 Å². The summed E-state index contributed by atoms with van der Waals surface area (Å²) in [5, 5.41) is 16.9. The van der Waals surface area contributed by atoms with Crippen molar-refractivity contribution in [2.45, 2.75) is 25.8 Å². The van der Waals surface area contributed by atoms with Gasteiger partial charge in [0.25, 0.3) is 5.91 Å². The molecule has 0 radical (unpaired) electrons. The average molecular weight is 347 g/mol. The van der Waals surface area contributed by atoms with Crippen LogP contribution in [-0.4, -0.2) is 38.4 Å². The predicted molar refractivity (Wildman–Crippen MR) is 91.3 cm³/mol. The second-order valence-electron chi connectivity index (χ2n) is 5.71. The van der Waals surface area contributed by atoms with E-state index in [2.05, 4.69) is 15.4 Å². The first-order valence-electron chi connectivity index (χ1n) is 7.93. The molecule has 7 heteroatoms. The molecule has 2 N–H and O–H groups in total. The third-order valence-electron chi connectivity index (χ3n) is 4.00. The molecule has 3 rings (SSSR count). The number of aliphatic hydroxyl groups excluding tert-OH is 1. The zero-order valence-corrected chi connectivity index (χ0v) is 14.1. The molecule has 0 saturated heterocycles. The second kappa shape index (κ2) is 7.15. The van der Waals surface area contributed by atoms with Crippen LogP contribution in [0.4, 0.5) is 0 Å². The summed E-state index contributed by atoms with van der Waals surface area (Å²) in [7, 11) is 0. The molecule has 126 valence electrons. The van der Waals surface area contributed by atoms with Crippen LogP contribution in [0.2, 0.25) is 5.02 Å². The van der Waals surface area contributed by atoms with Gasteiger partial charge in [0, 0.05) is 25.0 Å². The quantitative estimate of drug-likeness (QED) is 0.813. The van der Waals surface area contributed by atoms with Gasteiger partial charge in [0.2, 0.25) is 5.82 Å². The largest absolute Gasteiger partial charge is 0.396 e. The number of halogens is 1. The minimum absolute atomic E-state index is 0.0856. The fraction of sp³-hybridized carbons (Fsp3) is 0.353. The van der Waals surface area contributed by atoms with Crippen LogP contribution in [0.1, 0.15) is 29.8 Å². The highest BCUT2D eigenvalue weighted by Crippen LogP contribution is 2.21. The number of amides is 1. The molecule has 0 fully saturated rings. The first-order chi connectivity index (χ1) is 11.6. The van der Waals surface area contributed by atoms with Crippen molar-refractivity contribution in [1.29, 1.82) is 0 Å². The number of hydrogen-bond donors (Lipinski definition) is 2. The molecule has 0 aliphatic heterocycles. The maximum atomic E-state index is 12.4. The van der Waals surface area contributed by atoms with Crippen LogP contribution in [0.25, 0.3) is 5.69 Å². The number of carbonyl (C=O) groups is 1. The zero-order valence-electron chi connectivity index (χ0n) is 13.3. The number of nitrogens with zero attached hydrogens (tertiary/aromatic N) is 3. The lowest BCUT2D eigenvalue weighted by Gasteiger charge is -2.10. The number of rotatable bonds is 5. The fourth-order valence-corrected chi connectivity index (χ4v) is 2.95. The molecule has 1 heterocycles. The normalized spacial score (nSPS) is 19.6. The van der Waals surface area contributed by atoms with Crippen LogP contribution in [0.3, 0.4) is 0 Å². The van der Waals surface area contributed by atoms with E-state index in [1.54, 1.807) is 10.7 Å². The van der Waals surface area contributed by atoms with Crippen LogP contribution in [-0.2, 0) is 6.42 Å². The van der Waals surface area contributed by atoms with Crippen molar-refractivity contribution in [3.05, 3.63) is 53.1 Å². The highest BCUT2D eigenvalue weighted by molar-refractivity contribution is 6.32. The molecule has 0 saturated carbocycles. The van der Waals surface area contributed by atoms with E-state index >= 15 is 0 Å². The van der Waals surface area contributed by atoms with Gasteiger partial charge in [0.1, 0.15) is 5.82 Å². The summed E-state index contributed by atoms with van der Waals surface area (Å²) in [5.41, 5.74) is 0.698. The molecule has 1 aromatic heterocycles. The summed E-state index contributed by atoms with van der Waals surface area (Å²) in [6.45, 7) is 2.03. The number of aryl methyl sites for hydroxylation is 1.